The van der Waals surface area contributed by atoms with Gasteiger partial charge in [0, 0.05) is 0 Å². The minimum Gasteiger partial charge on any atom is -0.491 e. The van der Waals surface area contributed by atoms with Gasteiger partial charge in [-0.05, 0) is 67.9 Å². The molecule has 2 aliphatic carbocycles. The molecule has 2 fully saturated rings. The highest BCUT2D eigenvalue weighted by atomic mass is 19.2. The van der Waals surface area contributed by atoms with Crippen molar-refractivity contribution in [1.82, 2.24) is 0 Å². The Kier molecular flexibility index (Phi) is 9.46. The van der Waals surface area contributed by atoms with Gasteiger partial charge in [0.05, 0.1) is 6.61 Å². The molecule has 0 spiro atoms. The maximum atomic E-state index is 14.5. The highest BCUT2D eigenvalue weighted by Crippen LogP contribution is 2.41. The highest BCUT2D eigenvalue weighted by molar-refractivity contribution is 5.33. The van der Waals surface area contributed by atoms with Crippen LogP contribution in [-0.2, 0) is 0 Å². The van der Waals surface area contributed by atoms with Crippen molar-refractivity contribution in [2.45, 2.75) is 110 Å². The van der Waals surface area contributed by atoms with Crippen LogP contribution in [0.15, 0.2) is 12.1 Å². The molecule has 0 atom stereocenters. The lowest BCUT2D eigenvalue weighted by Crippen LogP contribution is -2.18. The molecule has 0 aliphatic heterocycles. The summed E-state index contributed by atoms with van der Waals surface area (Å²) in [5.41, 5.74) is 0.552. The van der Waals surface area contributed by atoms with E-state index in [1.807, 2.05) is 0 Å². The Bertz CT molecular complexity index is 628. The van der Waals surface area contributed by atoms with Gasteiger partial charge in [0.15, 0.2) is 11.6 Å². The number of unbranched alkanes of at least 4 members (excludes halogenated alkanes) is 2. The fourth-order valence-electron chi connectivity index (χ4n) is 5.85. The van der Waals surface area contributed by atoms with E-state index in [1.165, 1.54) is 64.2 Å². The smallest absolute Gasteiger partial charge is 0.200 e. The van der Waals surface area contributed by atoms with Crippen LogP contribution in [0.4, 0.5) is 8.78 Å². The maximum Gasteiger partial charge on any atom is 0.200 e. The zero-order chi connectivity index (χ0) is 21.3. The van der Waals surface area contributed by atoms with Gasteiger partial charge in [-0.2, -0.15) is 4.39 Å². The minimum atomic E-state index is -0.818. The molecule has 1 aromatic carbocycles. The van der Waals surface area contributed by atoms with Crippen LogP contribution in [0.3, 0.4) is 0 Å². The van der Waals surface area contributed by atoms with Crippen LogP contribution in [-0.4, -0.2) is 6.61 Å². The first kappa shape index (κ1) is 23.5. The highest BCUT2D eigenvalue weighted by Gasteiger charge is 2.28. The molecule has 3 heteroatoms. The van der Waals surface area contributed by atoms with Gasteiger partial charge in [0.25, 0.3) is 0 Å². The molecule has 0 bridgehead atoms. The molecule has 2 aliphatic rings. The third-order valence-corrected chi connectivity index (χ3v) is 7.83. The van der Waals surface area contributed by atoms with Crippen molar-refractivity contribution in [1.29, 1.82) is 0 Å². The molecule has 0 heterocycles. The van der Waals surface area contributed by atoms with E-state index in [-0.39, 0.29) is 11.7 Å². The van der Waals surface area contributed by atoms with Gasteiger partial charge in [0.1, 0.15) is 0 Å². The first-order valence-corrected chi connectivity index (χ1v) is 12.7. The molecule has 170 valence electrons. The second-order valence-electron chi connectivity index (χ2n) is 9.89. The Hall–Kier alpha value is -1.12. The van der Waals surface area contributed by atoms with Crippen molar-refractivity contribution in [2.75, 3.05) is 6.61 Å². The van der Waals surface area contributed by atoms with Gasteiger partial charge < -0.3 is 4.74 Å². The Morgan fingerprint density at radius 1 is 0.733 bits per heavy atom. The van der Waals surface area contributed by atoms with Crippen LogP contribution in [0.5, 0.6) is 5.75 Å². The predicted octanol–water partition coefficient (Wildman–Crippen LogP) is 8.80. The Morgan fingerprint density at radius 2 is 1.30 bits per heavy atom. The molecule has 3 rings (SSSR count). The molecule has 0 unspecified atom stereocenters. The van der Waals surface area contributed by atoms with Gasteiger partial charge in [-0.1, -0.05) is 77.2 Å². The predicted molar refractivity (Wildman–Crippen MR) is 121 cm³/mol. The number of rotatable bonds is 10. The minimum absolute atomic E-state index is 0.0347. The fourth-order valence-corrected chi connectivity index (χ4v) is 5.85. The number of hydrogen-bond acceptors (Lipinski definition) is 1. The zero-order valence-electron chi connectivity index (χ0n) is 19.2. The number of halogens is 2. The van der Waals surface area contributed by atoms with Gasteiger partial charge in [-0.3, -0.25) is 0 Å². The Balaban J connectivity index is 1.38. The third-order valence-electron chi connectivity index (χ3n) is 7.83. The van der Waals surface area contributed by atoms with Gasteiger partial charge >= 0.3 is 0 Å². The van der Waals surface area contributed by atoms with Crippen LogP contribution in [0, 0.1) is 29.4 Å². The summed E-state index contributed by atoms with van der Waals surface area (Å²) in [7, 11) is 0. The van der Waals surface area contributed by atoms with E-state index in [0.29, 0.717) is 12.2 Å². The molecule has 30 heavy (non-hydrogen) atoms. The molecule has 0 aromatic heterocycles. The van der Waals surface area contributed by atoms with Crippen molar-refractivity contribution in [2.24, 2.45) is 17.8 Å². The Morgan fingerprint density at radius 3 is 1.87 bits per heavy atom. The zero-order valence-corrected chi connectivity index (χ0v) is 19.2. The first-order valence-electron chi connectivity index (χ1n) is 12.7. The molecule has 1 aromatic rings. The van der Waals surface area contributed by atoms with Crippen molar-refractivity contribution < 1.29 is 13.5 Å². The molecular formula is C27H42F2O. The van der Waals surface area contributed by atoms with Crippen molar-refractivity contribution >= 4 is 0 Å². The van der Waals surface area contributed by atoms with E-state index in [0.717, 1.165) is 43.4 Å². The van der Waals surface area contributed by atoms with Crippen molar-refractivity contribution in [3.63, 3.8) is 0 Å². The van der Waals surface area contributed by atoms with Gasteiger partial charge in [-0.25, -0.2) is 4.39 Å². The molecule has 0 N–H and O–H groups in total. The van der Waals surface area contributed by atoms with E-state index >= 15 is 0 Å². The summed E-state index contributed by atoms with van der Waals surface area (Å²) >= 11 is 0. The van der Waals surface area contributed by atoms with Crippen LogP contribution in [0.2, 0.25) is 0 Å². The molecular weight excluding hydrogens is 378 g/mol. The molecule has 0 radical (unpaired) electrons. The van der Waals surface area contributed by atoms with Crippen LogP contribution < -0.4 is 4.74 Å². The van der Waals surface area contributed by atoms with Crippen LogP contribution in [0.1, 0.15) is 115 Å². The largest absolute Gasteiger partial charge is 0.491 e. The van der Waals surface area contributed by atoms with Crippen LogP contribution in [0.25, 0.3) is 0 Å². The monoisotopic (exact) mass is 420 g/mol. The molecule has 0 amide bonds. The summed E-state index contributed by atoms with van der Waals surface area (Å²) in [6.07, 6.45) is 18.4. The average molecular weight is 421 g/mol. The van der Waals surface area contributed by atoms with E-state index in [9.17, 15) is 8.78 Å². The lowest BCUT2D eigenvalue weighted by Gasteiger charge is -2.32. The second-order valence-corrected chi connectivity index (χ2v) is 9.89. The van der Waals surface area contributed by atoms with Crippen LogP contribution >= 0.6 is 0 Å². The number of benzene rings is 1. The van der Waals surface area contributed by atoms with E-state index < -0.39 is 11.6 Å². The van der Waals surface area contributed by atoms with Gasteiger partial charge in [-0.15, -0.1) is 0 Å². The van der Waals surface area contributed by atoms with E-state index in [1.54, 1.807) is 19.1 Å². The van der Waals surface area contributed by atoms with E-state index in [4.69, 9.17) is 4.74 Å². The molecule has 2 saturated carbocycles. The topological polar surface area (TPSA) is 9.23 Å². The maximum absolute atomic E-state index is 14.5. The van der Waals surface area contributed by atoms with Gasteiger partial charge in [0.2, 0.25) is 5.82 Å². The molecule has 0 saturated heterocycles. The number of ether oxygens (including phenoxy) is 1. The number of hydrogen-bond donors (Lipinski definition) is 0. The summed E-state index contributed by atoms with van der Waals surface area (Å²) in [6, 6.07) is 3.34. The summed E-state index contributed by atoms with van der Waals surface area (Å²) in [5, 5.41) is 0. The average Bonchev–Trinajstić information content (AvgIpc) is 2.77. The van der Waals surface area contributed by atoms with Crippen molar-refractivity contribution in [3.05, 3.63) is 29.3 Å². The summed E-state index contributed by atoms with van der Waals surface area (Å²) in [5.74, 6) is 1.38. The Labute approximate surface area is 183 Å². The summed E-state index contributed by atoms with van der Waals surface area (Å²) in [6.45, 7) is 4.42. The lowest BCUT2D eigenvalue weighted by molar-refractivity contribution is 0.221. The lowest BCUT2D eigenvalue weighted by atomic mass is 9.74. The summed E-state index contributed by atoms with van der Waals surface area (Å²) < 4.78 is 33.9. The van der Waals surface area contributed by atoms with E-state index in [2.05, 4.69) is 6.92 Å². The SMILES string of the molecule is CCCCC[C@H]1CC[C@H](CC[C@H]2CC[C@H](c3ccc(OCC)c(F)c3F)CC2)CC1. The van der Waals surface area contributed by atoms with Crippen molar-refractivity contribution in [3.8, 4) is 5.75 Å². The third kappa shape index (κ3) is 6.44. The second kappa shape index (κ2) is 12.1. The fraction of sp³-hybridized carbons (Fsp3) is 0.778. The standard InChI is InChI=1S/C27H42F2O/c1-3-5-6-7-20-8-10-21(11-9-20)12-13-22-14-16-23(17-15-22)24-18-19-25(30-4-2)27(29)26(24)28/h18-23H,3-17H2,1-2H3/t20-,21-,22-,23-. The first-order chi connectivity index (χ1) is 14.6. The quantitative estimate of drug-likeness (QED) is 0.344. The summed E-state index contributed by atoms with van der Waals surface area (Å²) in [4.78, 5) is 0. The molecule has 1 nitrogen and oxygen atoms in total. The normalized spacial score (nSPS) is 27.2.